The topological polar surface area (TPSA) is 28.2 Å². The van der Waals surface area contributed by atoms with Gasteiger partial charge in [0.05, 0.1) is 5.52 Å². The molecule has 1 fully saturated rings. The Kier molecular flexibility index (Phi) is 4.08. The van der Waals surface area contributed by atoms with Crippen molar-refractivity contribution in [2.24, 2.45) is 0 Å². The van der Waals surface area contributed by atoms with Gasteiger partial charge in [0.2, 0.25) is 0 Å². The summed E-state index contributed by atoms with van der Waals surface area (Å²) in [5.74, 6) is 0. The van der Waals surface area contributed by atoms with Crippen LogP contribution in [0.2, 0.25) is 5.02 Å². The molecule has 0 radical (unpaired) electrons. The lowest BCUT2D eigenvalue weighted by molar-refractivity contribution is 0.451. The van der Waals surface area contributed by atoms with Crippen LogP contribution in [0.25, 0.3) is 10.9 Å². The van der Waals surface area contributed by atoms with Gasteiger partial charge in [-0.05, 0) is 30.7 Å². The van der Waals surface area contributed by atoms with Crippen LogP contribution in [0.1, 0.15) is 19.8 Å². The molecule has 106 valence electrons. The third-order valence-corrected chi connectivity index (χ3v) is 4.20. The van der Waals surface area contributed by atoms with Crippen molar-refractivity contribution in [2.75, 3.05) is 24.5 Å². The zero-order valence-corrected chi connectivity index (χ0v) is 12.5. The van der Waals surface area contributed by atoms with Crippen molar-refractivity contribution < 1.29 is 0 Å². The van der Waals surface area contributed by atoms with Gasteiger partial charge in [0.1, 0.15) is 0 Å². The maximum atomic E-state index is 6.07. The number of pyridine rings is 1. The number of piperazine rings is 1. The van der Waals surface area contributed by atoms with Gasteiger partial charge >= 0.3 is 0 Å². The van der Waals surface area contributed by atoms with Crippen molar-refractivity contribution in [3.8, 4) is 0 Å². The van der Waals surface area contributed by atoms with E-state index < -0.39 is 0 Å². The molecular formula is C16H20ClN3. The predicted octanol–water partition coefficient (Wildman–Crippen LogP) is 3.47. The largest absolute Gasteiger partial charge is 0.365 e. The number of nitrogens with zero attached hydrogens (tertiary/aromatic N) is 2. The Hall–Kier alpha value is -1.32. The summed E-state index contributed by atoms with van der Waals surface area (Å²) in [5.41, 5.74) is 2.26. The standard InChI is InChI=1S/C16H20ClN3/c1-2-3-13-11-18-8-9-20(13)16-6-7-19-15-10-12(17)4-5-14(15)16/h4-7,10,13,18H,2-3,8-9,11H2,1H3. The Morgan fingerprint density at radius 1 is 1.40 bits per heavy atom. The van der Waals surface area contributed by atoms with Crippen molar-refractivity contribution in [1.82, 2.24) is 10.3 Å². The van der Waals surface area contributed by atoms with Crippen LogP contribution in [0.4, 0.5) is 5.69 Å². The summed E-state index contributed by atoms with van der Waals surface area (Å²) in [6, 6.07) is 8.67. The monoisotopic (exact) mass is 289 g/mol. The van der Waals surface area contributed by atoms with Gasteiger partial charge in [0.25, 0.3) is 0 Å². The Balaban J connectivity index is 2.03. The average molecular weight is 290 g/mol. The first-order chi connectivity index (χ1) is 9.79. The summed E-state index contributed by atoms with van der Waals surface area (Å²) >= 11 is 6.07. The summed E-state index contributed by atoms with van der Waals surface area (Å²) in [6.45, 7) is 5.40. The van der Waals surface area contributed by atoms with E-state index in [1.165, 1.54) is 23.9 Å². The SMILES string of the molecule is CCCC1CNCCN1c1ccnc2cc(Cl)ccc12. The third-order valence-electron chi connectivity index (χ3n) is 3.96. The molecule has 1 atom stereocenters. The molecule has 0 bridgehead atoms. The second kappa shape index (κ2) is 5.98. The summed E-state index contributed by atoms with van der Waals surface area (Å²) in [7, 11) is 0. The van der Waals surface area contributed by atoms with E-state index in [2.05, 4.69) is 34.3 Å². The number of aromatic nitrogens is 1. The lowest BCUT2D eigenvalue weighted by Crippen LogP contribution is -2.51. The van der Waals surface area contributed by atoms with E-state index >= 15 is 0 Å². The number of hydrogen-bond acceptors (Lipinski definition) is 3. The van der Waals surface area contributed by atoms with Crippen LogP contribution < -0.4 is 10.2 Å². The molecule has 1 aromatic heterocycles. The maximum absolute atomic E-state index is 6.07. The van der Waals surface area contributed by atoms with Gasteiger partial charge < -0.3 is 10.2 Å². The van der Waals surface area contributed by atoms with E-state index in [1.54, 1.807) is 0 Å². The third kappa shape index (κ3) is 2.60. The Morgan fingerprint density at radius 2 is 2.30 bits per heavy atom. The maximum Gasteiger partial charge on any atom is 0.0737 e. The average Bonchev–Trinajstić information content (AvgIpc) is 2.47. The normalized spacial score (nSPS) is 19.5. The molecule has 1 saturated heterocycles. The van der Waals surface area contributed by atoms with Gasteiger partial charge in [0.15, 0.2) is 0 Å². The van der Waals surface area contributed by atoms with Gasteiger partial charge in [-0.2, -0.15) is 0 Å². The van der Waals surface area contributed by atoms with Gasteiger partial charge in [-0.1, -0.05) is 24.9 Å². The second-order valence-corrected chi connectivity index (χ2v) is 5.77. The minimum atomic E-state index is 0.565. The van der Waals surface area contributed by atoms with E-state index in [0.29, 0.717) is 6.04 Å². The number of halogens is 1. The highest BCUT2D eigenvalue weighted by molar-refractivity contribution is 6.31. The van der Waals surface area contributed by atoms with Crippen molar-refractivity contribution >= 4 is 28.2 Å². The van der Waals surface area contributed by atoms with Crippen LogP contribution >= 0.6 is 11.6 Å². The molecule has 0 amide bonds. The highest BCUT2D eigenvalue weighted by Gasteiger charge is 2.23. The highest BCUT2D eigenvalue weighted by atomic mass is 35.5. The molecule has 0 spiro atoms. The minimum absolute atomic E-state index is 0.565. The van der Waals surface area contributed by atoms with Crippen LogP contribution in [0.15, 0.2) is 30.5 Å². The predicted molar refractivity (Wildman–Crippen MR) is 85.7 cm³/mol. The van der Waals surface area contributed by atoms with Crippen LogP contribution in [-0.2, 0) is 0 Å². The van der Waals surface area contributed by atoms with Crippen LogP contribution in [-0.4, -0.2) is 30.7 Å². The fraction of sp³-hybridized carbons (Fsp3) is 0.438. The van der Waals surface area contributed by atoms with Gasteiger partial charge in [-0.3, -0.25) is 4.98 Å². The summed E-state index contributed by atoms with van der Waals surface area (Å²) in [6.07, 6.45) is 4.31. The number of benzene rings is 1. The molecule has 3 rings (SSSR count). The number of rotatable bonds is 3. The molecule has 1 aliphatic rings. The molecule has 1 aromatic carbocycles. The number of nitrogens with one attached hydrogen (secondary N) is 1. The first-order valence-corrected chi connectivity index (χ1v) is 7.69. The molecule has 1 N–H and O–H groups in total. The number of anilines is 1. The number of fused-ring (bicyclic) bond motifs is 1. The first kappa shape index (κ1) is 13.7. The first-order valence-electron chi connectivity index (χ1n) is 7.31. The second-order valence-electron chi connectivity index (χ2n) is 5.33. The molecule has 3 nitrogen and oxygen atoms in total. The lowest BCUT2D eigenvalue weighted by Gasteiger charge is -2.38. The minimum Gasteiger partial charge on any atom is -0.365 e. The quantitative estimate of drug-likeness (QED) is 0.938. The van der Waals surface area contributed by atoms with E-state index in [-0.39, 0.29) is 0 Å². The van der Waals surface area contributed by atoms with E-state index in [4.69, 9.17) is 11.6 Å². The van der Waals surface area contributed by atoms with Crippen LogP contribution in [0, 0.1) is 0 Å². The summed E-state index contributed by atoms with van der Waals surface area (Å²) < 4.78 is 0. The fourth-order valence-corrected chi connectivity index (χ4v) is 3.19. The van der Waals surface area contributed by atoms with Crippen molar-refractivity contribution in [2.45, 2.75) is 25.8 Å². The zero-order chi connectivity index (χ0) is 13.9. The molecule has 0 aliphatic carbocycles. The van der Waals surface area contributed by atoms with E-state index in [1.807, 2.05) is 18.3 Å². The molecule has 2 aromatic rings. The molecular weight excluding hydrogens is 270 g/mol. The van der Waals surface area contributed by atoms with Gasteiger partial charge in [0, 0.05) is 48.0 Å². The number of hydrogen-bond donors (Lipinski definition) is 1. The fourth-order valence-electron chi connectivity index (χ4n) is 3.03. The molecule has 20 heavy (non-hydrogen) atoms. The smallest absolute Gasteiger partial charge is 0.0737 e. The van der Waals surface area contributed by atoms with Gasteiger partial charge in [-0.25, -0.2) is 0 Å². The van der Waals surface area contributed by atoms with Crippen molar-refractivity contribution in [3.63, 3.8) is 0 Å². The highest BCUT2D eigenvalue weighted by Crippen LogP contribution is 2.30. The summed E-state index contributed by atoms with van der Waals surface area (Å²) in [4.78, 5) is 6.97. The van der Waals surface area contributed by atoms with Gasteiger partial charge in [-0.15, -0.1) is 0 Å². The van der Waals surface area contributed by atoms with Crippen molar-refractivity contribution in [3.05, 3.63) is 35.5 Å². The molecule has 1 unspecified atom stereocenters. The van der Waals surface area contributed by atoms with Crippen LogP contribution in [0.3, 0.4) is 0 Å². The van der Waals surface area contributed by atoms with Crippen LogP contribution in [0.5, 0.6) is 0 Å². The Bertz CT molecular complexity index is 597. The van der Waals surface area contributed by atoms with E-state index in [0.717, 1.165) is 30.2 Å². The Labute approximate surface area is 124 Å². The zero-order valence-electron chi connectivity index (χ0n) is 11.8. The van der Waals surface area contributed by atoms with E-state index in [9.17, 15) is 0 Å². The molecule has 4 heteroatoms. The molecule has 2 heterocycles. The molecule has 0 saturated carbocycles. The Morgan fingerprint density at radius 3 is 3.15 bits per heavy atom. The van der Waals surface area contributed by atoms with Crippen molar-refractivity contribution in [1.29, 1.82) is 0 Å². The molecule has 1 aliphatic heterocycles. The lowest BCUT2D eigenvalue weighted by atomic mass is 10.1. The summed E-state index contributed by atoms with van der Waals surface area (Å²) in [5, 5.41) is 5.44.